The molecular formula is C9H9ClO2. The van der Waals surface area contributed by atoms with E-state index >= 15 is 0 Å². The van der Waals surface area contributed by atoms with Gasteiger partial charge in [-0.3, -0.25) is 4.79 Å². The quantitative estimate of drug-likeness (QED) is 0.674. The molecule has 0 heterocycles. The number of ether oxygens (including phenoxy) is 1. The van der Waals surface area contributed by atoms with Gasteiger partial charge in [0.05, 0.1) is 6.61 Å². The first-order valence-corrected chi connectivity index (χ1v) is 3.88. The van der Waals surface area contributed by atoms with Crippen molar-refractivity contribution in [1.29, 1.82) is 0 Å². The Labute approximate surface area is 76.1 Å². The maximum Gasteiger partial charge on any atom is 0.150 e. The maximum atomic E-state index is 10.3. The van der Waals surface area contributed by atoms with Crippen molar-refractivity contribution in [1.82, 2.24) is 0 Å². The van der Waals surface area contributed by atoms with Crippen LogP contribution in [0.2, 0.25) is 5.02 Å². The third-order valence-corrected chi connectivity index (χ3v) is 1.86. The van der Waals surface area contributed by atoms with Crippen molar-refractivity contribution in [3.63, 3.8) is 0 Å². The molecule has 0 aliphatic carbocycles. The zero-order chi connectivity index (χ0) is 8.97. The predicted octanol–water partition coefficient (Wildman–Crippen LogP) is 2.30. The molecule has 0 amide bonds. The van der Waals surface area contributed by atoms with Gasteiger partial charge < -0.3 is 4.74 Å². The first kappa shape index (κ1) is 9.23. The Kier molecular flexibility index (Phi) is 3.26. The van der Waals surface area contributed by atoms with E-state index in [1.165, 1.54) is 0 Å². The molecule has 0 atom stereocenters. The molecule has 1 aromatic rings. The van der Waals surface area contributed by atoms with E-state index in [0.717, 1.165) is 11.8 Å². The highest BCUT2D eigenvalue weighted by Crippen LogP contribution is 2.17. The standard InChI is InChI=1S/C9H9ClO2/c1-12-6-8-3-2-7(5-11)4-9(8)10/h2-5H,6H2,1H3. The van der Waals surface area contributed by atoms with Crippen LogP contribution in [0.3, 0.4) is 0 Å². The summed E-state index contributed by atoms with van der Waals surface area (Å²) in [4.78, 5) is 10.3. The molecular weight excluding hydrogens is 176 g/mol. The Morgan fingerprint density at radius 3 is 2.83 bits per heavy atom. The molecule has 0 spiro atoms. The molecule has 0 unspecified atom stereocenters. The van der Waals surface area contributed by atoms with Gasteiger partial charge in [0.1, 0.15) is 6.29 Å². The highest BCUT2D eigenvalue weighted by Gasteiger charge is 2.00. The summed E-state index contributed by atoms with van der Waals surface area (Å²) >= 11 is 5.85. The van der Waals surface area contributed by atoms with Crippen LogP contribution in [0.5, 0.6) is 0 Å². The van der Waals surface area contributed by atoms with Crippen LogP contribution in [-0.4, -0.2) is 13.4 Å². The summed E-state index contributed by atoms with van der Waals surface area (Å²) in [5.41, 5.74) is 1.48. The fraction of sp³-hybridized carbons (Fsp3) is 0.222. The van der Waals surface area contributed by atoms with Crippen molar-refractivity contribution >= 4 is 17.9 Å². The summed E-state index contributed by atoms with van der Waals surface area (Å²) in [6, 6.07) is 5.13. The van der Waals surface area contributed by atoms with E-state index in [1.54, 1.807) is 25.3 Å². The summed E-state index contributed by atoms with van der Waals surface area (Å²) in [7, 11) is 1.60. The van der Waals surface area contributed by atoms with E-state index in [9.17, 15) is 4.79 Å². The first-order chi connectivity index (χ1) is 5.77. The number of carbonyl (C=O) groups excluding carboxylic acids is 1. The molecule has 0 bridgehead atoms. The van der Waals surface area contributed by atoms with Gasteiger partial charge in [0.15, 0.2) is 0 Å². The summed E-state index contributed by atoms with van der Waals surface area (Å²) < 4.78 is 4.91. The van der Waals surface area contributed by atoms with E-state index in [-0.39, 0.29) is 0 Å². The Hall–Kier alpha value is -0.860. The van der Waals surface area contributed by atoms with Crippen LogP contribution in [0, 0.1) is 0 Å². The Balaban J connectivity index is 2.94. The van der Waals surface area contributed by atoms with Gasteiger partial charge in [-0.25, -0.2) is 0 Å². The lowest BCUT2D eigenvalue weighted by Gasteiger charge is -2.02. The van der Waals surface area contributed by atoms with Crippen molar-refractivity contribution in [2.24, 2.45) is 0 Å². The zero-order valence-electron chi connectivity index (χ0n) is 6.71. The average molecular weight is 185 g/mol. The van der Waals surface area contributed by atoms with Crippen LogP contribution < -0.4 is 0 Å². The van der Waals surface area contributed by atoms with Crippen LogP contribution in [0.1, 0.15) is 15.9 Å². The van der Waals surface area contributed by atoms with Crippen LogP contribution in [0.25, 0.3) is 0 Å². The van der Waals surface area contributed by atoms with Gasteiger partial charge in [-0.2, -0.15) is 0 Å². The minimum absolute atomic E-state index is 0.470. The number of halogens is 1. The second-order valence-electron chi connectivity index (χ2n) is 2.40. The molecule has 3 heteroatoms. The van der Waals surface area contributed by atoms with Gasteiger partial charge in [0.2, 0.25) is 0 Å². The van der Waals surface area contributed by atoms with E-state index in [2.05, 4.69) is 0 Å². The lowest BCUT2D eigenvalue weighted by Crippen LogP contribution is -1.90. The fourth-order valence-corrected chi connectivity index (χ4v) is 1.15. The van der Waals surface area contributed by atoms with Crippen molar-refractivity contribution in [2.75, 3.05) is 7.11 Å². The monoisotopic (exact) mass is 184 g/mol. The largest absolute Gasteiger partial charge is 0.380 e. The molecule has 12 heavy (non-hydrogen) atoms. The highest BCUT2D eigenvalue weighted by atomic mass is 35.5. The van der Waals surface area contributed by atoms with Crippen LogP contribution >= 0.6 is 11.6 Å². The van der Waals surface area contributed by atoms with Crippen LogP contribution in [0.15, 0.2) is 18.2 Å². The number of hydrogen-bond acceptors (Lipinski definition) is 2. The molecule has 2 nitrogen and oxygen atoms in total. The molecule has 1 aromatic carbocycles. The number of aldehydes is 1. The van der Waals surface area contributed by atoms with Crippen molar-refractivity contribution in [3.05, 3.63) is 34.3 Å². The van der Waals surface area contributed by atoms with Gasteiger partial charge >= 0.3 is 0 Å². The van der Waals surface area contributed by atoms with Gasteiger partial charge in [0, 0.05) is 17.7 Å². The third kappa shape index (κ3) is 2.06. The maximum absolute atomic E-state index is 10.3. The second kappa shape index (κ2) is 4.24. The van der Waals surface area contributed by atoms with Crippen LogP contribution in [-0.2, 0) is 11.3 Å². The normalized spacial score (nSPS) is 9.83. The Morgan fingerprint density at radius 2 is 2.33 bits per heavy atom. The second-order valence-corrected chi connectivity index (χ2v) is 2.81. The Bertz CT molecular complexity index is 284. The SMILES string of the molecule is COCc1ccc(C=O)cc1Cl. The van der Waals surface area contributed by atoms with E-state index in [1.807, 2.05) is 0 Å². The topological polar surface area (TPSA) is 26.3 Å². The molecule has 0 N–H and O–H groups in total. The molecule has 0 saturated carbocycles. The fourth-order valence-electron chi connectivity index (χ4n) is 0.909. The number of carbonyl (C=O) groups is 1. The van der Waals surface area contributed by atoms with Crippen LogP contribution in [0.4, 0.5) is 0 Å². The lowest BCUT2D eigenvalue weighted by molar-refractivity contribution is 0.112. The molecule has 0 aliphatic heterocycles. The molecule has 0 aliphatic rings. The van der Waals surface area contributed by atoms with E-state index in [0.29, 0.717) is 17.2 Å². The van der Waals surface area contributed by atoms with Gasteiger partial charge in [-0.05, 0) is 11.6 Å². The van der Waals surface area contributed by atoms with Gasteiger partial charge in [0.25, 0.3) is 0 Å². The minimum atomic E-state index is 0.470. The molecule has 0 radical (unpaired) electrons. The van der Waals surface area contributed by atoms with Gasteiger partial charge in [-0.1, -0.05) is 23.7 Å². The average Bonchev–Trinajstić information content (AvgIpc) is 2.09. The summed E-state index contributed by atoms with van der Waals surface area (Å²) in [5.74, 6) is 0. The number of rotatable bonds is 3. The summed E-state index contributed by atoms with van der Waals surface area (Å²) in [6.07, 6.45) is 0.766. The van der Waals surface area contributed by atoms with Gasteiger partial charge in [-0.15, -0.1) is 0 Å². The summed E-state index contributed by atoms with van der Waals surface area (Å²) in [5, 5.41) is 0.571. The number of hydrogen-bond donors (Lipinski definition) is 0. The zero-order valence-corrected chi connectivity index (χ0v) is 7.47. The predicted molar refractivity (Wildman–Crippen MR) is 47.6 cm³/mol. The van der Waals surface area contributed by atoms with Crippen molar-refractivity contribution in [3.8, 4) is 0 Å². The Morgan fingerprint density at radius 1 is 1.58 bits per heavy atom. The molecule has 0 aromatic heterocycles. The molecule has 0 saturated heterocycles. The minimum Gasteiger partial charge on any atom is -0.380 e. The number of methoxy groups -OCH3 is 1. The smallest absolute Gasteiger partial charge is 0.150 e. The van der Waals surface area contributed by atoms with E-state index in [4.69, 9.17) is 16.3 Å². The highest BCUT2D eigenvalue weighted by molar-refractivity contribution is 6.31. The molecule has 0 fully saturated rings. The van der Waals surface area contributed by atoms with Crippen molar-refractivity contribution < 1.29 is 9.53 Å². The van der Waals surface area contributed by atoms with E-state index < -0.39 is 0 Å². The molecule has 64 valence electrons. The first-order valence-electron chi connectivity index (χ1n) is 3.50. The molecule has 1 rings (SSSR count). The number of benzene rings is 1. The summed E-state index contributed by atoms with van der Waals surface area (Å²) in [6.45, 7) is 0.470. The third-order valence-electron chi connectivity index (χ3n) is 1.51. The lowest BCUT2D eigenvalue weighted by atomic mass is 10.1. The van der Waals surface area contributed by atoms with Crippen molar-refractivity contribution in [2.45, 2.75) is 6.61 Å².